The van der Waals surface area contributed by atoms with Crippen molar-refractivity contribution in [3.63, 3.8) is 0 Å². The number of rotatable bonds is 5. The normalized spacial score (nSPS) is 21.0. The summed E-state index contributed by atoms with van der Waals surface area (Å²) in [5, 5.41) is 3.84. The van der Waals surface area contributed by atoms with Gasteiger partial charge in [0, 0.05) is 11.1 Å². The molecule has 2 aromatic rings. The van der Waals surface area contributed by atoms with Gasteiger partial charge in [0.25, 0.3) is 0 Å². The van der Waals surface area contributed by atoms with Crippen LogP contribution >= 0.6 is 11.6 Å². The molecule has 0 spiro atoms. The summed E-state index contributed by atoms with van der Waals surface area (Å²) in [5.41, 5.74) is 0. The van der Waals surface area contributed by atoms with Gasteiger partial charge in [-0.1, -0.05) is 24.6 Å². The predicted octanol–water partition coefficient (Wildman–Crippen LogP) is 3.41. The third kappa shape index (κ3) is 4.73. The van der Waals surface area contributed by atoms with Gasteiger partial charge in [-0.2, -0.15) is 0 Å². The number of piperidine rings is 1. The molecule has 1 aliphatic rings. The molecule has 7 heteroatoms. The van der Waals surface area contributed by atoms with E-state index in [2.05, 4.69) is 10.0 Å². The monoisotopic (exact) mass is 380 g/mol. The van der Waals surface area contributed by atoms with E-state index in [0.29, 0.717) is 16.5 Å². The van der Waals surface area contributed by atoms with Crippen LogP contribution in [0.25, 0.3) is 0 Å². The highest BCUT2D eigenvalue weighted by atomic mass is 35.5. The van der Waals surface area contributed by atoms with Crippen LogP contribution < -0.4 is 14.8 Å². The van der Waals surface area contributed by atoms with E-state index >= 15 is 0 Å². The van der Waals surface area contributed by atoms with Gasteiger partial charge >= 0.3 is 0 Å². The van der Waals surface area contributed by atoms with E-state index in [-0.39, 0.29) is 16.9 Å². The maximum Gasteiger partial charge on any atom is 0.240 e. The van der Waals surface area contributed by atoms with Crippen LogP contribution in [0.5, 0.6) is 11.5 Å². The molecule has 0 aromatic heterocycles. The van der Waals surface area contributed by atoms with Gasteiger partial charge in [0.05, 0.1) is 4.90 Å². The summed E-state index contributed by atoms with van der Waals surface area (Å²) in [6, 6.07) is 13.4. The van der Waals surface area contributed by atoms with Crippen LogP contribution in [0.3, 0.4) is 0 Å². The fourth-order valence-electron chi connectivity index (χ4n) is 2.81. The second-order valence-electron chi connectivity index (χ2n) is 6.23. The Kier molecular flexibility index (Phi) is 5.64. The third-order valence-electron chi connectivity index (χ3n) is 4.26. The zero-order valence-electron chi connectivity index (χ0n) is 13.9. The maximum absolute atomic E-state index is 12.6. The lowest BCUT2D eigenvalue weighted by molar-refractivity contribution is 0.328. The van der Waals surface area contributed by atoms with Crippen molar-refractivity contribution >= 4 is 21.6 Å². The van der Waals surface area contributed by atoms with Crippen LogP contribution in [-0.2, 0) is 10.0 Å². The number of hydrogen-bond acceptors (Lipinski definition) is 4. The smallest absolute Gasteiger partial charge is 0.240 e. The molecule has 5 nitrogen and oxygen atoms in total. The Balaban J connectivity index is 1.70. The minimum absolute atomic E-state index is 0.0476. The van der Waals surface area contributed by atoms with E-state index in [1.807, 2.05) is 6.92 Å². The minimum atomic E-state index is -3.54. The minimum Gasteiger partial charge on any atom is -0.457 e. The van der Waals surface area contributed by atoms with Gasteiger partial charge in [0.2, 0.25) is 10.0 Å². The Morgan fingerprint density at radius 2 is 1.92 bits per heavy atom. The van der Waals surface area contributed by atoms with Crippen molar-refractivity contribution < 1.29 is 13.2 Å². The first-order valence-corrected chi connectivity index (χ1v) is 10.1. The van der Waals surface area contributed by atoms with Gasteiger partial charge in [-0.05, 0) is 67.9 Å². The van der Waals surface area contributed by atoms with E-state index in [4.69, 9.17) is 16.3 Å². The van der Waals surface area contributed by atoms with Gasteiger partial charge in [0.15, 0.2) is 0 Å². The molecule has 134 valence electrons. The lowest BCUT2D eigenvalue weighted by Crippen LogP contribution is -2.48. The molecule has 3 rings (SSSR count). The SMILES string of the molecule is CC1CNCCC1NS(=O)(=O)c1ccc(Oc2cccc(Cl)c2)cc1. The first-order valence-electron chi connectivity index (χ1n) is 8.20. The summed E-state index contributed by atoms with van der Waals surface area (Å²) in [6.07, 6.45) is 0.788. The molecule has 0 saturated carbocycles. The van der Waals surface area contributed by atoms with Crippen molar-refractivity contribution in [1.29, 1.82) is 0 Å². The van der Waals surface area contributed by atoms with E-state index in [9.17, 15) is 8.42 Å². The molecule has 1 saturated heterocycles. The van der Waals surface area contributed by atoms with Crippen LogP contribution in [0.2, 0.25) is 5.02 Å². The molecule has 2 unspecified atom stereocenters. The Bertz CT molecular complexity index is 824. The molecule has 1 aliphatic heterocycles. The molecular weight excluding hydrogens is 360 g/mol. The van der Waals surface area contributed by atoms with Crippen LogP contribution in [-0.4, -0.2) is 27.5 Å². The maximum atomic E-state index is 12.6. The van der Waals surface area contributed by atoms with Crippen molar-refractivity contribution in [2.24, 2.45) is 5.92 Å². The zero-order valence-corrected chi connectivity index (χ0v) is 15.5. The second kappa shape index (κ2) is 7.74. The molecule has 0 amide bonds. The number of halogens is 1. The quantitative estimate of drug-likeness (QED) is 0.834. The largest absolute Gasteiger partial charge is 0.457 e. The highest BCUT2D eigenvalue weighted by Gasteiger charge is 2.26. The number of benzene rings is 2. The van der Waals surface area contributed by atoms with E-state index in [1.165, 1.54) is 0 Å². The lowest BCUT2D eigenvalue weighted by Gasteiger charge is -2.29. The van der Waals surface area contributed by atoms with Crippen LogP contribution in [0.4, 0.5) is 0 Å². The Hall–Kier alpha value is -1.60. The molecule has 0 radical (unpaired) electrons. The summed E-state index contributed by atoms with van der Waals surface area (Å²) >= 11 is 5.93. The van der Waals surface area contributed by atoms with E-state index < -0.39 is 10.0 Å². The molecule has 2 aromatic carbocycles. The number of hydrogen-bond donors (Lipinski definition) is 2. The standard InChI is InChI=1S/C18H21ClN2O3S/c1-13-12-20-10-9-18(13)21-25(22,23)17-7-5-15(6-8-17)24-16-4-2-3-14(19)11-16/h2-8,11,13,18,20-21H,9-10,12H2,1H3. The molecule has 2 N–H and O–H groups in total. The van der Waals surface area contributed by atoms with E-state index in [1.54, 1.807) is 48.5 Å². The van der Waals surface area contributed by atoms with Crippen molar-refractivity contribution in [1.82, 2.24) is 10.0 Å². The van der Waals surface area contributed by atoms with Gasteiger partial charge < -0.3 is 10.1 Å². The van der Waals surface area contributed by atoms with Crippen LogP contribution in [0.15, 0.2) is 53.4 Å². The number of sulfonamides is 1. The van der Waals surface area contributed by atoms with E-state index in [0.717, 1.165) is 19.5 Å². The van der Waals surface area contributed by atoms with Crippen molar-refractivity contribution in [2.75, 3.05) is 13.1 Å². The fraction of sp³-hybridized carbons (Fsp3) is 0.333. The van der Waals surface area contributed by atoms with Gasteiger partial charge in [-0.15, -0.1) is 0 Å². The van der Waals surface area contributed by atoms with Gasteiger partial charge in [-0.3, -0.25) is 0 Å². The second-order valence-corrected chi connectivity index (χ2v) is 8.38. The highest BCUT2D eigenvalue weighted by Crippen LogP contribution is 2.25. The average molecular weight is 381 g/mol. The first kappa shape index (κ1) is 18.2. The van der Waals surface area contributed by atoms with Crippen molar-refractivity contribution in [2.45, 2.75) is 24.3 Å². The lowest BCUT2D eigenvalue weighted by atomic mass is 9.97. The summed E-state index contributed by atoms with van der Waals surface area (Å²) < 4.78 is 33.6. The van der Waals surface area contributed by atoms with Gasteiger partial charge in [0.1, 0.15) is 11.5 Å². The molecule has 25 heavy (non-hydrogen) atoms. The van der Waals surface area contributed by atoms with Crippen LogP contribution in [0.1, 0.15) is 13.3 Å². The Morgan fingerprint density at radius 1 is 1.16 bits per heavy atom. The van der Waals surface area contributed by atoms with Crippen molar-refractivity contribution in [3.05, 3.63) is 53.6 Å². The Labute approximate surface area is 153 Å². The number of nitrogens with one attached hydrogen (secondary N) is 2. The van der Waals surface area contributed by atoms with Crippen molar-refractivity contribution in [3.8, 4) is 11.5 Å². The summed E-state index contributed by atoms with van der Waals surface area (Å²) in [6.45, 7) is 3.69. The predicted molar refractivity (Wildman–Crippen MR) is 98.7 cm³/mol. The first-order chi connectivity index (χ1) is 11.9. The molecule has 1 heterocycles. The summed E-state index contributed by atoms with van der Waals surface area (Å²) in [5.74, 6) is 1.41. The molecule has 0 aliphatic carbocycles. The summed E-state index contributed by atoms with van der Waals surface area (Å²) in [7, 11) is -3.54. The molecule has 2 atom stereocenters. The zero-order chi connectivity index (χ0) is 17.9. The average Bonchev–Trinajstić information content (AvgIpc) is 2.57. The molecule has 0 bridgehead atoms. The molecular formula is C18H21ClN2O3S. The fourth-order valence-corrected chi connectivity index (χ4v) is 4.37. The van der Waals surface area contributed by atoms with Gasteiger partial charge in [-0.25, -0.2) is 13.1 Å². The Morgan fingerprint density at radius 3 is 2.60 bits per heavy atom. The molecule has 1 fully saturated rings. The third-order valence-corrected chi connectivity index (χ3v) is 6.00. The summed E-state index contributed by atoms with van der Waals surface area (Å²) in [4.78, 5) is 0.233. The van der Waals surface area contributed by atoms with Crippen LogP contribution in [0, 0.1) is 5.92 Å². The topological polar surface area (TPSA) is 67.4 Å². The highest BCUT2D eigenvalue weighted by molar-refractivity contribution is 7.89. The number of ether oxygens (including phenoxy) is 1.